The minimum Gasteiger partial charge on any atom is -0.454 e. The predicted octanol–water partition coefficient (Wildman–Crippen LogP) is 5.48. The number of nitrogens with one attached hydrogen (secondary N) is 1. The molecule has 1 fully saturated rings. The molecule has 1 aromatic carbocycles. The van der Waals surface area contributed by atoms with E-state index in [4.69, 9.17) is 24.9 Å². The number of aryl methyl sites for hydroxylation is 1. The van der Waals surface area contributed by atoms with Crippen LogP contribution in [0.4, 0.5) is 10.6 Å². The van der Waals surface area contributed by atoms with Crippen LogP contribution in [0.1, 0.15) is 52.9 Å². The van der Waals surface area contributed by atoms with Crippen LogP contribution < -0.4 is 20.5 Å². The van der Waals surface area contributed by atoms with Gasteiger partial charge in [-0.05, 0) is 98.6 Å². The minimum atomic E-state index is -0.486. The molecule has 12 heteroatoms. The molecule has 0 bridgehead atoms. The molecule has 1 saturated carbocycles. The summed E-state index contributed by atoms with van der Waals surface area (Å²) in [5.41, 5.74) is 6.26. The molecule has 37 heavy (non-hydrogen) atoms. The molecule has 4 aliphatic rings. The molecular formula is C25H31BrN6O4S. The lowest BCUT2D eigenvalue weighted by Gasteiger charge is -2.30. The van der Waals surface area contributed by atoms with Crippen molar-refractivity contribution in [1.29, 1.82) is 0 Å². The van der Waals surface area contributed by atoms with Gasteiger partial charge in [-0.3, -0.25) is 0 Å². The third kappa shape index (κ3) is 6.23. The van der Waals surface area contributed by atoms with Gasteiger partial charge in [0, 0.05) is 22.0 Å². The van der Waals surface area contributed by atoms with Crippen molar-refractivity contribution >= 4 is 39.6 Å². The monoisotopic (exact) mass is 590 g/mol. The summed E-state index contributed by atoms with van der Waals surface area (Å²) in [6.07, 6.45) is 6.41. The van der Waals surface area contributed by atoms with Gasteiger partial charge in [-0.25, -0.2) is 19.7 Å². The van der Waals surface area contributed by atoms with E-state index >= 15 is 0 Å². The smallest absolute Gasteiger partial charge is 0.407 e. The number of hydrogen-bond donors (Lipinski definition) is 2. The molecule has 10 nitrogen and oxygen atoms in total. The number of halogens is 1. The standard InChI is InChI=1S/C25H31BrN6O4S/c1-25(2,3)36-24(33)29-15-6-4-14(5-7-15)8-9-32-12-28-21(27)20-22(32)31-23(30-20)37-19-11-18-17(10-16(19)26)34-13-35-18/h10-12,14-15H,4-9,13,27H2,1-3H3,(H,29,33)/t14-,15+. The van der Waals surface area contributed by atoms with Crippen LogP contribution in [0.3, 0.4) is 0 Å². The number of carbonyl (C=O) groups is 1. The van der Waals surface area contributed by atoms with Crippen molar-refractivity contribution in [3.63, 3.8) is 0 Å². The summed E-state index contributed by atoms with van der Waals surface area (Å²) >= 11 is 5.03. The molecule has 5 rings (SSSR count). The third-order valence-electron chi connectivity index (χ3n) is 6.45. The number of rotatable bonds is 6. The molecule has 0 atom stereocenters. The number of benzene rings is 1. The highest BCUT2D eigenvalue weighted by atomic mass is 79.9. The lowest BCUT2D eigenvalue weighted by atomic mass is 9.84. The Labute approximate surface area is 228 Å². The van der Waals surface area contributed by atoms with Crippen LogP contribution in [0.25, 0.3) is 11.5 Å². The largest absolute Gasteiger partial charge is 0.454 e. The first-order valence-corrected chi connectivity index (χ1v) is 14.0. The Balaban J connectivity index is 1.20. The fourth-order valence-electron chi connectivity index (χ4n) is 4.61. The van der Waals surface area contributed by atoms with Crippen molar-refractivity contribution in [2.45, 2.75) is 81.1 Å². The highest BCUT2D eigenvalue weighted by molar-refractivity contribution is 9.10. The van der Waals surface area contributed by atoms with E-state index in [-0.39, 0.29) is 18.9 Å². The maximum atomic E-state index is 12.1. The van der Waals surface area contributed by atoms with E-state index in [2.05, 4.69) is 31.2 Å². The maximum absolute atomic E-state index is 12.1. The van der Waals surface area contributed by atoms with Crippen molar-refractivity contribution in [2.75, 3.05) is 12.5 Å². The van der Waals surface area contributed by atoms with Crippen LogP contribution in [0.15, 0.2) is 33.0 Å². The first kappa shape index (κ1) is 25.9. The molecule has 0 unspecified atom stereocenters. The average molecular weight is 592 g/mol. The maximum Gasteiger partial charge on any atom is 0.407 e. The number of aromatic nitrogens is 4. The molecule has 3 aliphatic heterocycles. The normalized spacial score (nSPS) is 19.2. The van der Waals surface area contributed by atoms with E-state index in [0.717, 1.165) is 53.8 Å². The van der Waals surface area contributed by atoms with Crippen LogP contribution in [0, 0.1) is 5.92 Å². The van der Waals surface area contributed by atoms with Crippen molar-refractivity contribution in [3.8, 4) is 23.0 Å². The van der Waals surface area contributed by atoms with Gasteiger partial charge in [0.15, 0.2) is 34.0 Å². The molecule has 1 amide bonds. The third-order valence-corrected chi connectivity index (χ3v) is 8.29. The summed E-state index contributed by atoms with van der Waals surface area (Å²) < 4.78 is 19.2. The lowest BCUT2D eigenvalue weighted by molar-refractivity contribution is 0.0486. The number of nitrogens with zero attached hydrogens (tertiary/aromatic N) is 4. The number of imidazole rings is 1. The second-order valence-electron chi connectivity index (χ2n) is 10.4. The molecule has 0 radical (unpaired) electrons. The second kappa shape index (κ2) is 10.6. The topological polar surface area (TPSA) is 126 Å². The van der Waals surface area contributed by atoms with Crippen LogP contribution in [-0.2, 0) is 11.3 Å². The molecule has 198 valence electrons. The van der Waals surface area contributed by atoms with E-state index in [1.165, 1.54) is 11.8 Å². The van der Waals surface area contributed by atoms with Gasteiger partial charge in [0.1, 0.15) is 5.60 Å². The fraction of sp³-hybridized carbons (Fsp3) is 0.520. The fourth-order valence-corrected chi connectivity index (χ4v) is 5.96. The Bertz CT molecular complexity index is 1250. The van der Waals surface area contributed by atoms with Gasteiger partial charge >= 0.3 is 6.09 Å². The molecular weight excluding hydrogens is 560 g/mol. The zero-order chi connectivity index (χ0) is 26.2. The Kier molecular flexibility index (Phi) is 7.39. The van der Waals surface area contributed by atoms with Crippen LogP contribution in [0.5, 0.6) is 11.5 Å². The van der Waals surface area contributed by atoms with Crippen molar-refractivity contribution in [2.24, 2.45) is 5.92 Å². The Hall–Kier alpha value is -2.73. The number of hydrogen-bond acceptors (Lipinski definition) is 9. The summed E-state index contributed by atoms with van der Waals surface area (Å²) in [7, 11) is 0. The van der Waals surface area contributed by atoms with E-state index in [0.29, 0.717) is 34.1 Å². The molecule has 3 N–H and O–H groups in total. The highest BCUT2D eigenvalue weighted by Gasteiger charge is 2.26. The van der Waals surface area contributed by atoms with Gasteiger partial charge in [0.05, 0.1) is 6.33 Å². The quantitative estimate of drug-likeness (QED) is 0.383. The SMILES string of the molecule is CC(C)(C)OC(=O)N[C@H]1CC[C@@H](CCn2cnc(N)c3nc(Sc4cc5c(cc4Br)OCO5)nc2-3)CC1. The predicted molar refractivity (Wildman–Crippen MR) is 143 cm³/mol. The van der Waals surface area contributed by atoms with Crippen molar-refractivity contribution in [1.82, 2.24) is 24.8 Å². The number of ether oxygens (including phenoxy) is 3. The lowest BCUT2D eigenvalue weighted by Crippen LogP contribution is -2.41. The summed E-state index contributed by atoms with van der Waals surface area (Å²) in [5, 5.41) is 3.61. The molecule has 1 aromatic rings. The van der Waals surface area contributed by atoms with E-state index in [9.17, 15) is 4.79 Å². The summed E-state index contributed by atoms with van der Waals surface area (Å²) in [4.78, 5) is 26.8. The van der Waals surface area contributed by atoms with E-state index in [1.807, 2.05) is 37.5 Å². The number of carbonyl (C=O) groups excluding carboxylic acids is 1. The van der Waals surface area contributed by atoms with Crippen molar-refractivity contribution < 1.29 is 19.0 Å². The number of anilines is 1. The molecule has 0 saturated heterocycles. The summed E-state index contributed by atoms with van der Waals surface area (Å²) in [5.74, 6) is 3.08. The van der Waals surface area contributed by atoms with E-state index < -0.39 is 5.60 Å². The molecule has 0 spiro atoms. The number of fused-ring (bicyclic) bond motifs is 2. The molecule has 3 heterocycles. The zero-order valence-electron chi connectivity index (χ0n) is 21.1. The number of nitrogens with two attached hydrogens (primary N) is 1. The van der Waals surface area contributed by atoms with Crippen LogP contribution in [-0.4, -0.2) is 44.0 Å². The van der Waals surface area contributed by atoms with Gasteiger partial charge in [-0.2, -0.15) is 0 Å². The van der Waals surface area contributed by atoms with Gasteiger partial charge in [0.2, 0.25) is 6.79 Å². The van der Waals surface area contributed by atoms with Gasteiger partial charge in [-0.15, -0.1) is 0 Å². The Morgan fingerprint density at radius 2 is 1.95 bits per heavy atom. The average Bonchev–Trinajstić information content (AvgIpc) is 3.46. The van der Waals surface area contributed by atoms with Gasteiger partial charge < -0.3 is 29.8 Å². The Morgan fingerprint density at radius 1 is 1.22 bits per heavy atom. The second-order valence-corrected chi connectivity index (χ2v) is 12.3. The first-order chi connectivity index (χ1) is 17.6. The summed E-state index contributed by atoms with van der Waals surface area (Å²) in [6, 6.07) is 3.97. The van der Waals surface area contributed by atoms with Crippen molar-refractivity contribution in [3.05, 3.63) is 22.9 Å². The van der Waals surface area contributed by atoms with Gasteiger partial charge in [-0.1, -0.05) is 0 Å². The molecule has 1 aliphatic carbocycles. The summed E-state index contributed by atoms with van der Waals surface area (Å²) in [6.45, 7) is 6.61. The zero-order valence-corrected chi connectivity index (χ0v) is 23.5. The first-order valence-electron chi connectivity index (χ1n) is 12.4. The number of amides is 1. The molecule has 0 aromatic heterocycles. The Morgan fingerprint density at radius 3 is 2.68 bits per heavy atom. The van der Waals surface area contributed by atoms with Gasteiger partial charge in [0.25, 0.3) is 0 Å². The van der Waals surface area contributed by atoms with E-state index in [1.54, 1.807) is 6.33 Å². The van der Waals surface area contributed by atoms with Crippen LogP contribution >= 0.6 is 27.7 Å². The number of nitrogen functional groups attached to an aromatic ring is 1. The highest BCUT2D eigenvalue weighted by Crippen LogP contribution is 2.43. The minimum absolute atomic E-state index is 0.166. The number of alkyl carbamates (subject to hydrolysis) is 1. The van der Waals surface area contributed by atoms with Crippen LogP contribution in [0.2, 0.25) is 0 Å².